The van der Waals surface area contributed by atoms with E-state index in [-0.39, 0.29) is 41.5 Å². The van der Waals surface area contributed by atoms with E-state index in [1.807, 2.05) is 0 Å². The van der Waals surface area contributed by atoms with Crippen LogP contribution in [-0.2, 0) is 19.4 Å². The SMILES string of the molecule is NC(=O)[C@H]1CN(c2ccc([C@H]3[C@@H]4CS(=O)(=O)C[C@@H]43)c(F)c2)C(=O)O1. The van der Waals surface area contributed by atoms with Crippen molar-refractivity contribution in [2.24, 2.45) is 17.6 Å². The van der Waals surface area contributed by atoms with E-state index >= 15 is 0 Å². The second kappa shape index (κ2) is 4.92. The number of carbonyl (C=O) groups is 2. The summed E-state index contributed by atoms with van der Waals surface area (Å²) in [5, 5.41) is 0. The summed E-state index contributed by atoms with van der Waals surface area (Å²) >= 11 is 0. The fourth-order valence-corrected chi connectivity index (χ4v) is 6.01. The lowest BCUT2D eigenvalue weighted by molar-refractivity contribution is -0.124. The van der Waals surface area contributed by atoms with E-state index in [0.717, 1.165) is 4.90 Å². The van der Waals surface area contributed by atoms with E-state index < -0.39 is 33.8 Å². The molecule has 2 heterocycles. The third-order valence-electron chi connectivity index (χ3n) is 5.01. The van der Waals surface area contributed by atoms with Crippen LogP contribution >= 0.6 is 0 Å². The van der Waals surface area contributed by atoms with Gasteiger partial charge in [0.15, 0.2) is 15.9 Å². The Balaban J connectivity index is 1.54. The predicted molar refractivity (Wildman–Crippen MR) is 81.6 cm³/mol. The number of amides is 2. The van der Waals surface area contributed by atoms with Gasteiger partial charge in [-0.05, 0) is 35.4 Å². The third-order valence-corrected chi connectivity index (χ3v) is 6.79. The van der Waals surface area contributed by atoms with Crippen LogP contribution in [0.25, 0.3) is 0 Å². The molecule has 0 aromatic heterocycles. The largest absolute Gasteiger partial charge is 0.434 e. The Labute approximate surface area is 137 Å². The highest BCUT2D eigenvalue weighted by Crippen LogP contribution is 2.59. The van der Waals surface area contributed by atoms with Crippen LogP contribution in [0.2, 0.25) is 0 Å². The number of fused-ring (bicyclic) bond motifs is 1. The summed E-state index contributed by atoms with van der Waals surface area (Å²) in [6.07, 6.45) is -1.80. The van der Waals surface area contributed by atoms with Gasteiger partial charge in [-0.15, -0.1) is 0 Å². The molecule has 128 valence electrons. The minimum atomic E-state index is -2.98. The Bertz CT molecular complexity index is 837. The first-order valence-corrected chi connectivity index (χ1v) is 9.36. The number of hydrogen-bond donors (Lipinski definition) is 1. The molecule has 9 heteroatoms. The third kappa shape index (κ3) is 2.34. The van der Waals surface area contributed by atoms with Crippen molar-refractivity contribution in [1.29, 1.82) is 0 Å². The molecule has 7 nitrogen and oxygen atoms in total. The number of sulfone groups is 1. The summed E-state index contributed by atoms with van der Waals surface area (Å²) in [7, 11) is -2.98. The van der Waals surface area contributed by atoms with E-state index in [1.54, 1.807) is 12.1 Å². The zero-order chi connectivity index (χ0) is 17.2. The average Bonchev–Trinajstić information content (AvgIpc) is 2.83. The first-order valence-electron chi connectivity index (χ1n) is 7.54. The fourth-order valence-electron chi connectivity index (χ4n) is 3.79. The molecule has 1 aromatic rings. The molecule has 24 heavy (non-hydrogen) atoms. The smallest absolute Gasteiger partial charge is 0.415 e. The number of rotatable bonds is 3. The highest BCUT2D eigenvalue weighted by atomic mass is 32.2. The van der Waals surface area contributed by atoms with E-state index in [1.165, 1.54) is 6.07 Å². The number of carbonyl (C=O) groups excluding carboxylic acids is 2. The molecule has 1 aliphatic carbocycles. The Kier molecular flexibility index (Phi) is 3.15. The van der Waals surface area contributed by atoms with Crippen LogP contribution in [0.1, 0.15) is 11.5 Å². The van der Waals surface area contributed by atoms with Crippen molar-refractivity contribution in [3.05, 3.63) is 29.6 Å². The molecule has 0 radical (unpaired) electrons. The zero-order valence-electron chi connectivity index (χ0n) is 12.5. The first-order chi connectivity index (χ1) is 11.3. The number of halogens is 1. The fraction of sp³-hybridized carbons (Fsp3) is 0.467. The van der Waals surface area contributed by atoms with Gasteiger partial charge >= 0.3 is 6.09 Å². The number of anilines is 1. The molecule has 1 saturated carbocycles. The molecule has 2 saturated heterocycles. The molecule has 2 amide bonds. The molecule has 2 N–H and O–H groups in total. The van der Waals surface area contributed by atoms with Crippen LogP contribution in [0.15, 0.2) is 18.2 Å². The van der Waals surface area contributed by atoms with Gasteiger partial charge in [-0.2, -0.15) is 0 Å². The maximum absolute atomic E-state index is 14.5. The topological polar surface area (TPSA) is 107 Å². The lowest BCUT2D eigenvalue weighted by Gasteiger charge is -2.14. The van der Waals surface area contributed by atoms with Gasteiger partial charge in [0.25, 0.3) is 5.91 Å². The Hall–Kier alpha value is -2.16. The minimum Gasteiger partial charge on any atom is -0.434 e. The Morgan fingerprint density at radius 1 is 1.29 bits per heavy atom. The molecule has 4 atom stereocenters. The summed E-state index contributed by atoms with van der Waals surface area (Å²) in [6, 6.07) is 4.36. The average molecular weight is 354 g/mol. The summed E-state index contributed by atoms with van der Waals surface area (Å²) in [5.41, 5.74) is 5.87. The molecule has 0 spiro atoms. The second-order valence-electron chi connectivity index (χ2n) is 6.52. The molecule has 2 aliphatic heterocycles. The van der Waals surface area contributed by atoms with Crippen molar-refractivity contribution < 1.29 is 27.1 Å². The summed E-state index contributed by atoms with van der Waals surface area (Å²) in [6.45, 7) is -0.0557. The maximum atomic E-state index is 14.5. The zero-order valence-corrected chi connectivity index (χ0v) is 13.3. The minimum absolute atomic E-state index is 0.00801. The molecule has 3 aliphatic rings. The summed E-state index contributed by atoms with van der Waals surface area (Å²) in [4.78, 5) is 24.0. The Morgan fingerprint density at radius 2 is 1.96 bits per heavy atom. The lowest BCUT2D eigenvalue weighted by atomic mass is 10.1. The van der Waals surface area contributed by atoms with Crippen LogP contribution < -0.4 is 10.6 Å². The molecule has 4 rings (SSSR count). The maximum Gasteiger partial charge on any atom is 0.415 e. The first kappa shape index (κ1) is 15.4. The van der Waals surface area contributed by atoms with Gasteiger partial charge in [0.1, 0.15) is 5.82 Å². The second-order valence-corrected chi connectivity index (χ2v) is 8.68. The van der Waals surface area contributed by atoms with E-state index in [0.29, 0.717) is 5.56 Å². The number of hydrogen-bond acceptors (Lipinski definition) is 5. The van der Waals surface area contributed by atoms with Crippen LogP contribution in [0, 0.1) is 17.7 Å². The monoisotopic (exact) mass is 354 g/mol. The van der Waals surface area contributed by atoms with Crippen molar-refractivity contribution in [1.82, 2.24) is 0 Å². The van der Waals surface area contributed by atoms with Crippen LogP contribution in [0.5, 0.6) is 0 Å². The van der Waals surface area contributed by atoms with Crippen LogP contribution in [-0.4, -0.2) is 44.6 Å². The van der Waals surface area contributed by atoms with E-state index in [9.17, 15) is 22.4 Å². The lowest BCUT2D eigenvalue weighted by Crippen LogP contribution is -2.32. The standard InChI is InChI=1S/C15H15FN2O5S/c16-11-3-7(18-4-12(14(17)19)23-15(18)20)1-2-8(11)13-9-5-24(21,22)6-10(9)13/h1-3,9-10,12-13H,4-6H2,(H2,17,19)/t9-,10+,12-,13+/m1/s1. The number of ether oxygens (including phenoxy) is 1. The number of benzene rings is 1. The molecular weight excluding hydrogens is 339 g/mol. The van der Waals surface area contributed by atoms with Gasteiger partial charge in [-0.1, -0.05) is 6.07 Å². The van der Waals surface area contributed by atoms with Gasteiger partial charge in [-0.25, -0.2) is 17.6 Å². The quantitative estimate of drug-likeness (QED) is 0.845. The highest BCUT2D eigenvalue weighted by Gasteiger charge is 2.59. The molecule has 1 aromatic carbocycles. The van der Waals surface area contributed by atoms with Gasteiger partial charge in [-0.3, -0.25) is 9.69 Å². The van der Waals surface area contributed by atoms with Crippen LogP contribution in [0.3, 0.4) is 0 Å². The van der Waals surface area contributed by atoms with Crippen molar-refractivity contribution in [2.45, 2.75) is 12.0 Å². The normalized spacial score (nSPS) is 33.2. The van der Waals surface area contributed by atoms with Crippen LogP contribution in [0.4, 0.5) is 14.9 Å². The number of nitrogens with zero attached hydrogens (tertiary/aromatic N) is 1. The predicted octanol–water partition coefficient (Wildman–Crippen LogP) is 0.394. The van der Waals surface area contributed by atoms with Gasteiger partial charge in [0.2, 0.25) is 0 Å². The van der Waals surface area contributed by atoms with Crippen molar-refractivity contribution in [3.63, 3.8) is 0 Å². The van der Waals surface area contributed by atoms with Crippen molar-refractivity contribution in [2.75, 3.05) is 23.0 Å². The summed E-state index contributed by atoms with van der Waals surface area (Å²) < 4.78 is 42.3. The Morgan fingerprint density at radius 3 is 2.50 bits per heavy atom. The molecule has 3 fully saturated rings. The van der Waals surface area contributed by atoms with Crippen molar-refractivity contribution in [3.8, 4) is 0 Å². The number of nitrogens with two attached hydrogens (primary N) is 1. The van der Waals surface area contributed by atoms with Gasteiger partial charge in [0, 0.05) is 0 Å². The van der Waals surface area contributed by atoms with E-state index in [4.69, 9.17) is 10.5 Å². The molecule has 0 unspecified atom stereocenters. The van der Waals surface area contributed by atoms with Gasteiger partial charge in [0.05, 0.1) is 23.7 Å². The number of cyclic esters (lactones) is 1. The van der Waals surface area contributed by atoms with Crippen molar-refractivity contribution >= 4 is 27.5 Å². The van der Waals surface area contributed by atoms with E-state index in [2.05, 4.69) is 0 Å². The van der Waals surface area contributed by atoms with Gasteiger partial charge < -0.3 is 10.5 Å². The summed E-state index contributed by atoms with van der Waals surface area (Å²) in [5.74, 6) is -1.11. The highest BCUT2D eigenvalue weighted by molar-refractivity contribution is 7.91. The number of primary amides is 1. The molecular formula is C15H15FN2O5S. The molecule has 0 bridgehead atoms.